The molecule has 1 saturated carbocycles. The van der Waals surface area contributed by atoms with Crippen LogP contribution in [0.25, 0.3) is 0 Å². The lowest BCUT2D eigenvalue weighted by Gasteiger charge is -2.44. The normalized spacial score (nSPS) is 30.6. The number of pyridine rings is 1. The molecule has 1 heterocycles. The molecule has 2 aliphatic carbocycles. The van der Waals surface area contributed by atoms with Crippen molar-refractivity contribution in [2.75, 3.05) is 0 Å². The summed E-state index contributed by atoms with van der Waals surface area (Å²) in [7, 11) is 0. The monoisotopic (exact) mass is 771 g/mol. The Morgan fingerprint density at radius 2 is 1.42 bits per heavy atom. The maximum Gasteiger partial charge on any atom is 0.340 e. The van der Waals surface area contributed by atoms with E-state index in [0.29, 0.717) is 0 Å². The van der Waals surface area contributed by atoms with Crippen LogP contribution >= 0.6 is 0 Å². The quantitative estimate of drug-likeness (QED) is 0.214. The van der Waals surface area contributed by atoms with Gasteiger partial charge in [-0.1, -0.05) is 67.2 Å². The average molecular weight is 772 g/mol. The molecule has 55 heavy (non-hydrogen) atoms. The zero-order valence-electron chi connectivity index (χ0n) is 33.3. The Labute approximate surface area is 321 Å². The van der Waals surface area contributed by atoms with Crippen molar-refractivity contribution in [3.8, 4) is 0 Å². The Morgan fingerprint density at radius 3 is 1.93 bits per heavy atom. The van der Waals surface area contributed by atoms with Gasteiger partial charge in [0.15, 0.2) is 30.2 Å². The molecule has 0 spiro atoms. The lowest BCUT2D eigenvalue weighted by atomic mass is 9.72. The van der Waals surface area contributed by atoms with Crippen LogP contribution in [0.2, 0.25) is 0 Å². The summed E-state index contributed by atoms with van der Waals surface area (Å²) in [5.74, 6) is -10.5. The summed E-state index contributed by atoms with van der Waals surface area (Å²) in [6.07, 6.45) is -3.55. The van der Waals surface area contributed by atoms with Gasteiger partial charge in [-0.25, -0.2) is 4.79 Å². The first-order valence-corrected chi connectivity index (χ1v) is 18.1. The van der Waals surface area contributed by atoms with Gasteiger partial charge in [0.1, 0.15) is 17.3 Å². The van der Waals surface area contributed by atoms with Gasteiger partial charge in [-0.3, -0.25) is 33.8 Å². The van der Waals surface area contributed by atoms with Gasteiger partial charge < -0.3 is 33.5 Å². The molecule has 9 atom stereocenters. The number of ether oxygens (including phenoxy) is 6. The van der Waals surface area contributed by atoms with Crippen molar-refractivity contribution >= 4 is 41.6 Å². The molecule has 1 fully saturated rings. The number of nitrogens with zero attached hydrogens (tertiary/aromatic N) is 1. The fourth-order valence-corrected chi connectivity index (χ4v) is 7.01. The molecule has 1 aromatic heterocycles. The zero-order valence-corrected chi connectivity index (χ0v) is 33.3. The number of rotatable bonds is 9. The van der Waals surface area contributed by atoms with Crippen LogP contribution in [0, 0.1) is 29.1 Å². The van der Waals surface area contributed by atoms with E-state index >= 15 is 0 Å². The fourth-order valence-electron chi connectivity index (χ4n) is 7.01. The topological polar surface area (TPSA) is 208 Å². The number of esters is 6. The molecule has 1 N–H and O–H groups in total. The number of ketones is 1. The van der Waals surface area contributed by atoms with E-state index in [1.165, 1.54) is 78.2 Å². The van der Waals surface area contributed by atoms with Gasteiger partial charge in [0.05, 0.1) is 23.3 Å². The van der Waals surface area contributed by atoms with Gasteiger partial charge in [-0.05, 0) is 19.1 Å². The minimum absolute atomic E-state index is 0.0291. The first kappa shape index (κ1) is 44.5. The summed E-state index contributed by atoms with van der Waals surface area (Å²) in [4.78, 5) is 97.7. The van der Waals surface area contributed by atoms with Crippen LogP contribution < -0.4 is 0 Å². The highest BCUT2D eigenvalue weighted by atomic mass is 16.6. The molecule has 9 unspecified atom stereocenters. The third-order valence-electron chi connectivity index (χ3n) is 9.67. The molecule has 2 aliphatic rings. The van der Waals surface area contributed by atoms with Crippen molar-refractivity contribution in [1.82, 2.24) is 4.98 Å². The number of fused-ring (bicyclic) bond motifs is 1. The first-order chi connectivity index (χ1) is 25.4. The van der Waals surface area contributed by atoms with Crippen molar-refractivity contribution < 1.29 is 67.1 Å². The molecule has 0 radical (unpaired) electrons. The number of carbonyl (C=O) groups excluding carboxylic acids is 7. The van der Waals surface area contributed by atoms with Crippen LogP contribution in [0.15, 0.2) is 48.8 Å². The Kier molecular flexibility index (Phi) is 14.0. The molecule has 15 heteroatoms. The minimum atomic E-state index is -2.57. The van der Waals surface area contributed by atoms with Crippen LogP contribution in [0.1, 0.15) is 92.9 Å². The van der Waals surface area contributed by atoms with Crippen LogP contribution in [0.3, 0.4) is 0 Å². The molecule has 0 saturated heterocycles. The smallest absolute Gasteiger partial charge is 0.340 e. The molecule has 3 rings (SSSR count). The number of Topliss-reactive ketones (excluding diaryl/α,β-unsaturated/α-hetero) is 1. The van der Waals surface area contributed by atoms with Crippen molar-refractivity contribution in [3.05, 3.63) is 54.4 Å². The summed E-state index contributed by atoms with van der Waals surface area (Å²) in [6.45, 7) is 19.6. The van der Waals surface area contributed by atoms with E-state index in [4.69, 9.17) is 28.4 Å². The van der Waals surface area contributed by atoms with Gasteiger partial charge >= 0.3 is 35.8 Å². The SMILES string of the molecule is C=C1C(OC(=O)C(C)C)C(OC(C)=O)C(OC(=O)c2cccnc2)C(C)(C)C=CC(C)C(=O)C2(O)CC(C)(OC(C)=O)C(OC(=O)C(C)C)C2C1OC(C)=O. The largest absolute Gasteiger partial charge is 0.457 e. The Bertz CT molecular complexity index is 1700. The summed E-state index contributed by atoms with van der Waals surface area (Å²) < 4.78 is 35.5. The number of hydrogen-bond donors (Lipinski definition) is 1. The zero-order chi connectivity index (χ0) is 41.8. The van der Waals surface area contributed by atoms with Crippen molar-refractivity contribution in [2.45, 2.75) is 124 Å². The standard InChI is InChI=1S/C40H53NO14/c1-20(2)35(46)52-30-23(6)29(50-24(7)42)28-33(53-36(47)21(3)4)39(12,55-26(9)44)19-40(28,49)32(45)22(5)15-16-38(10,11)34(31(30)51-25(8)43)54-37(48)27-14-13-17-41-18-27/h13-18,20-22,28-31,33-34,49H,6,19H2,1-5,7-12H3. The van der Waals surface area contributed by atoms with Crippen LogP contribution in [-0.2, 0) is 57.2 Å². The van der Waals surface area contributed by atoms with E-state index in [1.807, 2.05) is 0 Å². The maximum absolute atomic E-state index is 14.7. The highest BCUT2D eigenvalue weighted by Gasteiger charge is 2.69. The highest BCUT2D eigenvalue weighted by Crippen LogP contribution is 2.52. The summed E-state index contributed by atoms with van der Waals surface area (Å²) >= 11 is 0. The number of hydrogen-bond acceptors (Lipinski definition) is 15. The third-order valence-corrected chi connectivity index (χ3v) is 9.67. The number of carbonyl (C=O) groups is 7. The molecule has 0 bridgehead atoms. The molecule has 0 aromatic carbocycles. The Morgan fingerprint density at radius 1 is 0.836 bits per heavy atom. The molecular weight excluding hydrogens is 718 g/mol. The lowest BCUT2D eigenvalue weighted by molar-refractivity contribution is -0.192. The molecule has 0 amide bonds. The average Bonchev–Trinajstić information content (AvgIpc) is 3.30. The second-order valence-electron chi connectivity index (χ2n) is 15.6. The van der Waals surface area contributed by atoms with E-state index < -0.39 is 119 Å². The van der Waals surface area contributed by atoms with Crippen molar-refractivity contribution in [3.63, 3.8) is 0 Å². The van der Waals surface area contributed by atoms with Crippen LogP contribution in [-0.4, -0.2) is 93.4 Å². The van der Waals surface area contributed by atoms with Gasteiger partial charge in [0.2, 0.25) is 0 Å². The predicted octanol–water partition coefficient (Wildman–Crippen LogP) is 4.04. The Hall–Kier alpha value is -4.92. The predicted molar refractivity (Wildman–Crippen MR) is 193 cm³/mol. The van der Waals surface area contributed by atoms with E-state index in [2.05, 4.69) is 11.6 Å². The number of aliphatic hydroxyl groups is 1. The van der Waals surface area contributed by atoms with E-state index in [1.54, 1.807) is 13.8 Å². The molecule has 302 valence electrons. The molecule has 0 aliphatic heterocycles. The number of aromatic nitrogens is 1. The maximum atomic E-state index is 14.7. The first-order valence-electron chi connectivity index (χ1n) is 18.1. The van der Waals surface area contributed by atoms with E-state index in [-0.39, 0.29) is 11.1 Å². The number of allylic oxidation sites excluding steroid dienone is 1. The van der Waals surface area contributed by atoms with E-state index in [9.17, 15) is 38.7 Å². The van der Waals surface area contributed by atoms with Gasteiger partial charge in [0.25, 0.3) is 0 Å². The van der Waals surface area contributed by atoms with Crippen molar-refractivity contribution in [1.29, 1.82) is 0 Å². The summed E-state index contributed by atoms with van der Waals surface area (Å²) in [5.41, 5.74) is -6.13. The molecule has 15 nitrogen and oxygen atoms in total. The van der Waals surface area contributed by atoms with Gasteiger partial charge in [-0.15, -0.1) is 0 Å². The lowest BCUT2D eigenvalue weighted by Crippen LogP contribution is -2.58. The Balaban J connectivity index is 2.51. The summed E-state index contributed by atoms with van der Waals surface area (Å²) in [5, 5.41) is 12.7. The second-order valence-corrected chi connectivity index (χ2v) is 15.6. The van der Waals surface area contributed by atoms with Crippen LogP contribution in [0.4, 0.5) is 0 Å². The van der Waals surface area contributed by atoms with Gasteiger partial charge in [0, 0.05) is 56.5 Å². The highest BCUT2D eigenvalue weighted by molar-refractivity contribution is 5.92. The van der Waals surface area contributed by atoms with Crippen molar-refractivity contribution in [2.24, 2.45) is 29.1 Å². The fraction of sp³-hybridized carbons (Fsp3) is 0.600. The molecule has 1 aromatic rings. The third kappa shape index (κ3) is 10.0. The van der Waals surface area contributed by atoms with E-state index in [0.717, 1.165) is 20.8 Å². The van der Waals surface area contributed by atoms with Gasteiger partial charge in [-0.2, -0.15) is 0 Å². The minimum Gasteiger partial charge on any atom is -0.457 e. The molecular formula is C40H53NO14. The van der Waals surface area contributed by atoms with Crippen LogP contribution in [0.5, 0.6) is 0 Å². The second kappa shape index (κ2) is 17.3. The summed E-state index contributed by atoms with van der Waals surface area (Å²) in [6, 6.07) is 2.95.